The van der Waals surface area contributed by atoms with Crippen LogP contribution in [0.1, 0.15) is 0 Å². The van der Waals surface area contributed by atoms with Gasteiger partial charge in [-0.25, -0.2) is 18.4 Å². The molecule has 0 saturated heterocycles. The third kappa shape index (κ3) is 4.30. The van der Waals surface area contributed by atoms with Crippen LogP contribution in [0.4, 0.5) is 5.69 Å². The molecule has 1 aromatic carbocycles. The van der Waals surface area contributed by atoms with E-state index in [4.69, 9.17) is 11.6 Å². The number of thioether (sulfide) groups is 1. The average molecular weight is 397 g/mol. The summed E-state index contributed by atoms with van der Waals surface area (Å²) in [5, 5.41) is 3.63. The normalized spacial score (nSPS) is 11.6. The van der Waals surface area contributed by atoms with E-state index >= 15 is 0 Å². The molecule has 0 unspecified atom stereocenters. The molecule has 7 nitrogen and oxygen atoms in total. The van der Waals surface area contributed by atoms with Crippen molar-refractivity contribution in [3.8, 4) is 0 Å². The van der Waals surface area contributed by atoms with E-state index in [0.29, 0.717) is 21.3 Å². The minimum absolute atomic E-state index is 0.0612. The molecule has 10 heteroatoms. The van der Waals surface area contributed by atoms with Gasteiger partial charge in [0.1, 0.15) is 0 Å². The number of para-hydroxylation sites is 1. The van der Waals surface area contributed by atoms with Crippen LogP contribution in [0.15, 0.2) is 46.6 Å². The van der Waals surface area contributed by atoms with Crippen LogP contribution in [0.2, 0.25) is 5.02 Å². The SMILES string of the molecule is CS(=O)(=O)c1ccccc1NC(=O)CSc1nc2ncc(Cl)cc2[nH]1. The molecule has 130 valence electrons. The number of nitrogens with zero attached hydrogens (tertiary/aromatic N) is 2. The Kier molecular flexibility index (Phi) is 4.98. The first-order chi connectivity index (χ1) is 11.8. The summed E-state index contributed by atoms with van der Waals surface area (Å²) in [4.78, 5) is 23.6. The molecule has 0 aliphatic carbocycles. The fraction of sp³-hybridized carbons (Fsp3) is 0.133. The Morgan fingerprint density at radius 2 is 2.12 bits per heavy atom. The van der Waals surface area contributed by atoms with E-state index in [1.807, 2.05) is 0 Å². The molecular weight excluding hydrogens is 384 g/mol. The third-order valence-corrected chi connectivity index (χ3v) is 5.42. The van der Waals surface area contributed by atoms with Crippen LogP contribution in [-0.4, -0.2) is 41.3 Å². The van der Waals surface area contributed by atoms with Gasteiger partial charge in [-0.05, 0) is 18.2 Å². The number of sulfone groups is 1. The second kappa shape index (κ2) is 7.03. The molecule has 25 heavy (non-hydrogen) atoms. The van der Waals surface area contributed by atoms with Gasteiger partial charge in [-0.1, -0.05) is 35.5 Å². The highest BCUT2D eigenvalue weighted by molar-refractivity contribution is 7.99. The molecule has 0 radical (unpaired) electrons. The Hall–Kier alpha value is -2.10. The van der Waals surface area contributed by atoms with Crippen LogP contribution in [-0.2, 0) is 14.6 Å². The summed E-state index contributed by atoms with van der Waals surface area (Å²) in [7, 11) is -3.43. The van der Waals surface area contributed by atoms with Crippen LogP contribution in [0.5, 0.6) is 0 Å². The Balaban J connectivity index is 1.69. The van der Waals surface area contributed by atoms with Gasteiger partial charge in [0, 0.05) is 12.5 Å². The van der Waals surface area contributed by atoms with Crippen molar-refractivity contribution in [2.45, 2.75) is 10.1 Å². The number of imidazole rings is 1. The van der Waals surface area contributed by atoms with Crippen molar-refractivity contribution in [2.24, 2.45) is 0 Å². The highest BCUT2D eigenvalue weighted by Crippen LogP contribution is 2.23. The molecular formula is C15H13ClN4O3S2. The summed E-state index contributed by atoms with van der Waals surface area (Å²) < 4.78 is 23.5. The highest BCUT2D eigenvalue weighted by Gasteiger charge is 2.15. The summed E-state index contributed by atoms with van der Waals surface area (Å²) in [6, 6.07) is 7.96. The number of hydrogen-bond donors (Lipinski definition) is 2. The highest BCUT2D eigenvalue weighted by atomic mass is 35.5. The number of anilines is 1. The monoisotopic (exact) mass is 396 g/mol. The Labute approximate surface area is 153 Å². The van der Waals surface area contributed by atoms with Gasteiger partial charge >= 0.3 is 0 Å². The lowest BCUT2D eigenvalue weighted by atomic mass is 10.3. The molecule has 3 rings (SSSR count). The molecule has 2 N–H and O–H groups in total. The molecule has 1 amide bonds. The lowest BCUT2D eigenvalue weighted by molar-refractivity contribution is -0.113. The van der Waals surface area contributed by atoms with Gasteiger partial charge in [-0.2, -0.15) is 0 Å². The molecule has 2 heterocycles. The van der Waals surface area contributed by atoms with Gasteiger partial charge in [0.15, 0.2) is 20.6 Å². The van der Waals surface area contributed by atoms with Crippen molar-refractivity contribution in [3.05, 3.63) is 41.6 Å². The number of rotatable bonds is 5. The number of carbonyl (C=O) groups excluding carboxylic acids is 1. The lowest BCUT2D eigenvalue weighted by Crippen LogP contribution is -2.16. The zero-order chi connectivity index (χ0) is 18.0. The standard InChI is InChI=1S/C15H13ClN4O3S2/c1-25(22,23)12-5-3-2-4-10(12)18-13(21)8-24-15-19-11-6-9(16)7-17-14(11)20-15/h2-7H,8H2,1H3,(H,18,21)(H,17,19,20). The van der Waals surface area contributed by atoms with Gasteiger partial charge < -0.3 is 10.3 Å². The van der Waals surface area contributed by atoms with E-state index in [1.54, 1.807) is 24.3 Å². The van der Waals surface area contributed by atoms with Gasteiger partial charge in [0.2, 0.25) is 5.91 Å². The Bertz CT molecular complexity index is 1050. The molecule has 0 saturated carbocycles. The maximum atomic E-state index is 12.1. The molecule has 0 bridgehead atoms. The van der Waals surface area contributed by atoms with Gasteiger partial charge in [-0.3, -0.25) is 4.79 Å². The lowest BCUT2D eigenvalue weighted by Gasteiger charge is -2.09. The summed E-state index contributed by atoms with van der Waals surface area (Å²) in [5.41, 5.74) is 1.45. The van der Waals surface area contributed by atoms with Crippen LogP contribution < -0.4 is 5.32 Å². The summed E-state index contributed by atoms with van der Waals surface area (Å²) >= 11 is 7.05. The third-order valence-electron chi connectivity index (χ3n) is 3.18. The predicted octanol–water partition coefficient (Wildman–Crippen LogP) is 2.75. The average Bonchev–Trinajstić information content (AvgIpc) is 2.94. The molecule has 0 aliphatic heterocycles. The molecule has 0 atom stereocenters. The number of hydrogen-bond acceptors (Lipinski definition) is 6. The number of fused-ring (bicyclic) bond motifs is 1. The smallest absolute Gasteiger partial charge is 0.234 e. The maximum absolute atomic E-state index is 12.1. The number of carbonyl (C=O) groups is 1. The summed E-state index contributed by atoms with van der Waals surface area (Å²) in [5.74, 6) is -0.279. The van der Waals surface area contributed by atoms with E-state index in [0.717, 1.165) is 6.26 Å². The maximum Gasteiger partial charge on any atom is 0.234 e. The fourth-order valence-electron chi connectivity index (χ4n) is 2.13. The number of benzene rings is 1. The van der Waals surface area contributed by atoms with Gasteiger partial charge in [0.05, 0.1) is 26.9 Å². The van der Waals surface area contributed by atoms with Crippen molar-refractivity contribution >= 4 is 56.0 Å². The van der Waals surface area contributed by atoms with E-state index in [2.05, 4.69) is 20.3 Å². The van der Waals surface area contributed by atoms with Crippen molar-refractivity contribution < 1.29 is 13.2 Å². The van der Waals surface area contributed by atoms with Crippen molar-refractivity contribution in [3.63, 3.8) is 0 Å². The van der Waals surface area contributed by atoms with Crippen LogP contribution in [0.3, 0.4) is 0 Å². The van der Waals surface area contributed by atoms with Crippen molar-refractivity contribution in [2.75, 3.05) is 17.3 Å². The number of aromatic nitrogens is 3. The topological polar surface area (TPSA) is 105 Å². The number of aromatic amines is 1. The van der Waals surface area contributed by atoms with Gasteiger partial charge in [0.25, 0.3) is 0 Å². The fourth-order valence-corrected chi connectivity index (χ4v) is 3.81. The van der Waals surface area contributed by atoms with Crippen molar-refractivity contribution in [1.29, 1.82) is 0 Å². The number of amides is 1. The molecule has 3 aromatic rings. The Morgan fingerprint density at radius 1 is 1.36 bits per heavy atom. The van der Waals surface area contributed by atoms with Crippen LogP contribution >= 0.6 is 23.4 Å². The quantitative estimate of drug-likeness (QED) is 0.642. The number of H-pyrrole nitrogens is 1. The zero-order valence-electron chi connectivity index (χ0n) is 13.0. The first kappa shape index (κ1) is 17.7. The predicted molar refractivity (Wildman–Crippen MR) is 97.8 cm³/mol. The second-order valence-electron chi connectivity index (χ2n) is 5.17. The van der Waals surface area contributed by atoms with E-state index in [9.17, 15) is 13.2 Å². The minimum atomic E-state index is -3.43. The van der Waals surface area contributed by atoms with Crippen molar-refractivity contribution in [1.82, 2.24) is 15.0 Å². The molecule has 0 fully saturated rings. The first-order valence-electron chi connectivity index (χ1n) is 7.06. The minimum Gasteiger partial charge on any atom is -0.331 e. The van der Waals surface area contributed by atoms with E-state index in [-0.39, 0.29) is 22.2 Å². The zero-order valence-corrected chi connectivity index (χ0v) is 15.4. The van der Waals surface area contributed by atoms with Crippen LogP contribution in [0.25, 0.3) is 11.2 Å². The van der Waals surface area contributed by atoms with Crippen LogP contribution in [0, 0.1) is 0 Å². The molecule has 2 aromatic heterocycles. The van der Waals surface area contributed by atoms with Gasteiger partial charge in [-0.15, -0.1) is 0 Å². The number of halogens is 1. The summed E-state index contributed by atoms with van der Waals surface area (Å²) in [6.07, 6.45) is 2.59. The van der Waals surface area contributed by atoms with E-state index < -0.39 is 9.84 Å². The molecule has 0 aliphatic rings. The molecule has 0 spiro atoms. The second-order valence-corrected chi connectivity index (χ2v) is 8.56. The largest absolute Gasteiger partial charge is 0.331 e. The van der Waals surface area contributed by atoms with E-state index in [1.165, 1.54) is 24.0 Å². The number of nitrogens with one attached hydrogen (secondary N) is 2. The number of pyridine rings is 1. The Morgan fingerprint density at radius 3 is 2.88 bits per heavy atom. The summed E-state index contributed by atoms with van der Waals surface area (Å²) in [6.45, 7) is 0. The first-order valence-corrected chi connectivity index (χ1v) is 10.3.